The van der Waals surface area contributed by atoms with Crippen LogP contribution in [0.4, 0.5) is 11.5 Å². The highest BCUT2D eigenvalue weighted by atomic mass is 35.5. The van der Waals surface area contributed by atoms with Gasteiger partial charge in [-0.1, -0.05) is 13.8 Å². The average molecular weight is 255 g/mol. The van der Waals surface area contributed by atoms with Crippen LogP contribution in [-0.2, 0) is 4.79 Å². The number of fused-ring (bicyclic) bond motifs is 1. The lowest BCUT2D eigenvalue weighted by Gasteiger charge is -2.36. The quantitative estimate of drug-likeness (QED) is 0.777. The standard InChI is InChI=1S/C11H15ClN4O/c1-5(2)8-10(17)14-7-6(3)13-11(12)15-9(7)16(8)4/h5,8H,1-4H3,(H,14,17)/t8-/m0/s1. The number of hydrogen-bond donors (Lipinski definition) is 1. The fourth-order valence-corrected chi connectivity index (χ4v) is 2.39. The van der Waals surface area contributed by atoms with Crippen molar-refractivity contribution in [1.82, 2.24) is 9.97 Å². The molecule has 1 aliphatic heterocycles. The summed E-state index contributed by atoms with van der Waals surface area (Å²) in [5.41, 5.74) is 1.33. The Morgan fingerprint density at radius 3 is 2.65 bits per heavy atom. The van der Waals surface area contributed by atoms with E-state index in [0.717, 1.165) is 0 Å². The van der Waals surface area contributed by atoms with Crippen molar-refractivity contribution in [2.75, 3.05) is 17.3 Å². The number of halogens is 1. The van der Waals surface area contributed by atoms with Crippen LogP contribution >= 0.6 is 11.6 Å². The molecule has 1 aromatic heterocycles. The third-order valence-electron chi connectivity index (χ3n) is 2.94. The highest BCUT2D eigenvalue weighted by molar-refractivity contribution is 6.28. The second kappa shape index (κ2) is 4.14. The second-order valence-electron chi connectivity index (χ2n) is 4.57. The molecule has 92 valence electrons. The Hall–Kier alpha value is -1.36. The summed E-state index contributed by atoms with van der Waals surface area (Å²) in [6, 6.07) is -0.229. The van der Waals surface area contributed by atoms with E-state index < -0.39 is 0 Å². The first-order chi connectivity index (χ1) is 7.91. The van der Waals surface area contributed by atoms with Crippen LogP contribution in [0.2, 0.25) is 5.28 Å². The van der Waals surface area contributed by atoms with Crippen LogP contribution in [0.15, 0.2) is 0 Å². The van der Waals surface area contributed by atoms with Crippen LogP contribution in [0.25, 0.3) is 0 Å². The van der Waals surface area contributed by atoms with E-state index in [0.29, 0.717) is 17.2 Å². The van der Waals surface area contributed by atoms with Crippen LogP contribution in [-0.4, -0.2) is 29.0 Å². The van der Waals surface area contributed by atoms with Crippen molar-refractivity contribution in [3.05, 3.63) is 11.0 Å². The minimum Gasteiger partial charge on any atom is -0.345 e. The Balaban J connectivity index is 2.54. The number of carbonyl (C=O) groups is 1. The van der Waals surface area contributed by atoms with Crippen molar-refractivity contribution in [3.8, 4) is 0 Å². The first-order valence-electron chi connectivity index (χ1n) is 5.49. The van der Waals surface area contributed by atoms with E-state index >= 15 is 0 Å². The number of anilines is 2. The molecule has 1 N–H and O–H groups in total. The third kappa shape index (κ3) is 1.95. The van der Waals surface area contributed by atoms with Crippen LogP contribution < -0.4 is 10.2 Å². The lowest BCUT2D eigenvalue weighted by Crippen LogP contribution is -2.49. The Morgan fingerprint density at radius 1 is 1.41 bits per heavy atom. The van der Waals surface area contributed by atoms with Gasteiger partial charge in [-0.15, -0.1) is 0 Å². The summed E-state index contributed by atoms with van der Waals surface area (Å²) >= 11 is 5.85. The summed E-state index contributed by atoms with van der Waals surface area (Å²) in [5.74, 6) is 0.854. The van der Waals surface area contributed by atoms with E-state index in [1.807, 2.05) is 25.8 Å². The summed E-state index contributed by atoms with van der Waals surface area (Å²) in [5, 5.41) is 3.05. The van der Waals surface area contributed by atoms with Gasteiger partial charge in [0, 0.05) is 7.05 Å². The van der Waals surface area contributed by atoms with Gasteiger partial charge in [0.1, 0.15) is 11.7 Å². The predicted molar refractivity (Wildman–Crippen MR) is 67.4 cm³/mol. The maximum atomic E-state index is 12.0. The molecule has 0 spiro atoms. The third-order valence-corrected chi connectivity index (χ3v) is 3.11. The van der Waals surface area contributed by atoms with Gasteiger partial charge in [-0.05, 0) is 24.4 Å². The number of amides is 1. The number of hydrogen-bond acceptors (Lipinski definition) is 4. The van der Waals surface area contributed by atoms with Crippen LogP contribution in [0.1, 0.15) is 19.5 Å². The van der Waals surface area contributed by atoms with Gasteiger partial charge >= 0.3 is 0 Å². The van der Waals surface area contributed by atoms with Crippen molar-refractivity contribution in [2.24, 2.45) is 5.92 Å². The molecule has 1 aromatic rings. The maximum absolute atomic E-state index is 12.0. The normalized spacial score (nSPS) is 19.3. The number of nitrogens with one attached hydrogen (secondary N) is 1. The van der Waals surface area contributed by atoms with Gasteiger partial charge in [0.15, 0.2) is 5.82 Å². The largest absolute Gasteiger partial charge is 0.345 e. The molecule has 1 amide bonds. The molecule has 17 heavy (non-hydrogen) atoms. The van der Waals surface area contributed by atoms with Crippen molar-refractivity contribution in [2.45, 2.75) is 26.8 Å². The topological polar surface area (TPSA) is 58.1 Å². The minimum atomic E-state index is -0.229. The first kappa shape index (κ1) is 12.1. The fraction of sp³-hybridized carbons (Fsp3) is 0.545. The summed E-state index contributed by atoms with van der Waals surface area (Å²) in [6.45, 7) is 5.80. The second-order valence-corrected chi connectivity index (χ2v) is 4.90. The summed E-state index contributed by atoms with van der Waals surface area (Å²) in [6.07, 6.45) is 0. The van der Waals surface area contributed by atoms with Gasteiger partial charge in [0.25, 0.3) is 0 Å². The van der Waals surface area contributed by atoms with Gasteiger partial charge < -0.3 is 10.2 Å². The lowest BCUT2D eigenvalue weighted by atomic mass is 9.99. The van der Waals surface area contributed by atoms with E-state index in [1.54, 1.807) is 6.92 Å². The Kier molecular flexibility index (Phi) is 2.95. The molecule has 0 saturated heterocycles. The number of likely N-dealkylation sites (N-methyl/N-ethyl adjacent to an activating group) is 1. The molecule has 0 aromatic carbocycles. The van der Waals surface area contributed by atoms with Crippen LogP contribution in [0, 0.1) is 12.8 Å². The molecule has 2 rings (SSSR count). The first-order valence-corrected chi connectivity index (χ1v) is 5.87. The van der Waals surface area contributed by atoms with E-state index in [4.69, 9.17) is 11.6 Å². The van der Waals surface area contributed by atoms with Crippen LogP contribution in [0.5, 0.6) is 0 Å². The number of rotatable bonds is 1. The Labute approximate surface area is 105 Å². The molecule has 6 heteroatoms. The highest BCUT2D eigenvalue weighted by Crippen LogP contribution is 2.33. The van der Waals surface area contributed by atoms with E-state index in [2.05, 4.69) is 15.3 Å². The number of carbonyl (C=O) groups excluding carboxylic acids is 1. The van der Waals surface area contributed by atoms with Crippen LogP contribution in [0.3, 0.4) is 0 Å². The molecule has 0 saturated carbocycles. The summed E-state index contributed by atoms with van der Waals surface area (Å²) in [7, 11) is 1.85. The lowest BCUT2D eigenvalue weighted by molar-refractivity contribution is -0.118. The van der Waals surface area contributed by atoms with E-state index in [-0.39, 0.29) is 23.2 Å². The maximum Gasteiger partial charge on any atom is 0.247 e. The molecule has 1 atom stereocenters. The van der Waals surface area contributed by atoms with Crippen molar-refractivity contribution in [3.63, 3.8) is 0 Å². The Morgan fingerprint density at radius 2 is 2.06 bits per heavy atom. The Bertz CT molecular complexity index is 475. The zero-order valence-corrected chi connectivity index (χ0v) is 11.0. The van der Waals surface area contributed by atoms with Gasteiger partial charge in [-0.2, -0.15) is 4.98 Å². The molecule has 0 unspecified atom stereocenters. The molecule has 0 fully saturated rings. The molecular formula is C11H15ClN4O. The molecule has 0 aliphatic carbocycles. The summed E-state index contributed by atoms with van der Waals surface area (Å²) < 4.78 is 0. The molecule has 5 nitrogen and oxygen atoms in total. The molecule has 0 radical (unpaired) electrons. The van der Waals surface area contributed by atoms with Gasteiger partial charge in [0.05, 0.1) is 5.69 Å². The molecule has 0 bridgehead atoms. The van der Waals surface area contributed by atoms with Gasteiger partial charge in [-0.3, -0.25) is 4.79 Å². The highest BCUT2D eigenvalue weighted by Gasteiger charge is 2.35. The van der Waals surface area contributed by atoms with Crippen molar-refractivity contribution < 1.29 is 4.79 Å². The zero-order chi connectivity index (χ0) is 12.7. The number of aryl methyl sites for hydroxylation is 1. The van der Waals surface area contributed by atoms with E-state index in [9.17, 15) is 4.79 Å². The number of aromatic nitrogens is 2. The van der Waals surface area contributed by atoms with E-state index in [1.165, 1.54) is 0 Å². The van der Waals surface area contributed by atoms with Gasteiger partial charge in [0.2, 0.25) is 11.2 Å². The SMILES string of the molecule is Cc1nc(Cl)nc2c1NC(=O)[C@H](C(C)C)N2C. The minimum absolute atomic E-state index is 0.0241. The molecular weight excluding hydrogens is 240 g/mol. The van der Waals surface area contributed by atoms with Crippen molar-refractivity contribution in [1.29, 1.82) is 0 Å². The fourth-order valence-electron chi connectivity index (χ4n) is 2.18. The zero-order valence-electron chi connectivity index (χ0n) is 10.3. The molecule has 1 aliphatic rings. The molecule has 2 heterocycles. The monoisotopic (exact) mass is 254 g/mol. The smallest absolute Gasteiger partial charge is 0.247 e. The number of nitrogens with zero attached hydrogens (tertiary/aromatic N) is 3. The van der Waals surface area contributed by atoms with Crippen molar-refractivity contribution >= 4 is 29.0 Å². The summed E-state index contributed by atoms with van der Waals surface area (Å²) in [4.78, 5) is 22.1. The predicted octanol–water partition coefficient (Wildman–Crippen LogP) is 1.85. The van der Waals surface area contributed by atoms with Gasteiger partial charge in [-0.25, -0.2) is 4.98 Å². The average Bonchev–Trinajstić information content (AvgIpc) is 2.19.